The first-order valence-corrected chi connectivity index (χ1v) is 6.91. The van der Waals surface area contributed by atoms with Gasteiger partial charge in [0.1, 0.15) is 5.69 Å². The zero-order valence-electron chi connectivity index (χ0n) is 11.4. The number of carbonyl (C=O) groups excluding carboxylic acids is 1. The number of pyridine rings is 1. The highest BCUT2D eigenvalue weighted by Gasteiger charge is 2.25. The summed E-state index contributed by atoms with van der Waals surface area (Å²) in [5.74, 6) is 0.587. The van der Waals surface area contributed by atoms with Gasteiger partial charge >= 0.3 is 0 Å². The number of carbonyl (C=O) groups is 1. The van der Waals surface area contributed by atoms with E-state index < -0.39 is 5.91 Å². The first-order valence-electron chi connectivity index (χ1n) is 6.91. The van der Waals surface area contributed by atoms with Crippen LogP contribution >= 0.6 is 0 Å². The fourth-order valence-electron chi connectivity index (χ4n) is 2.55. The molecule has 110 valence electrons. The molecule has 0 saturated heterocycles. The number of hydrogen-bond acceptors (Lipinski definition) is 6. The molecule has 2 aromatic rings. The van der Waals surface area contributed by atoms with Crippen LogP contribution in [0.4, 0.5) is 0 Å². The standard InChI is InChI=1S/C14H16N4O3/c15-12(20)11-7-9(5-6-16-11)13-17-14(21-18-13)8-1-3-10(19)4-2-8/h5-8,10,19H,1-4H2,(H2,15,20). The molecule has 1 aliphatic rings. The highest BCUT2D eigenvalue weighted by atomic mass is 16.5. The van der Waals surface area contributed by atoms with Gasteiger partial charge < -0.3 is 15.4 Å². The highest BCUT2D eigenvalue weighted by molar-refractivity contribution is 5.91. The SMILES string of the molecule is NC(=O)c1cc(-c2noc(C3CCC(O)CC3)n2)ccn1. The maximum absolute atomic E-state index is 11.1. The van der Waals surface area contributed by atoms with E-state index in [4.69, 9.17) is 10.3 Å². The second-order valence-electron chi connectivity index (χ2n) is 5.26. The quantitative estimate of drug-likeness (QED) is 0.878. The van der Waals surface area contributed by atoms with E-state index >= 15 is 0 Å². The minimum atomic E-state index is -0.596. The molecule has 2 aromatic heterocycles. The third-order valence-electron chi connectivity index (χ3n) is 3.76. The smallest absolute Gasteiger partial charge is 0.267 e. The van der Waals surface area contributed by atoms with Gasteiger partial charge in [0, 0.05) is 17.7 Å². The molecule has 7 nitrogen and oxygen atoms in total. The molecule has 21 heavy (non-hydrogen) atoms. The van der Waals surface area contributed by atoms with Crippen LogP contribution in [-0.4, -0.2) is 32.2 Å². The largest absolute Gasteiger partial charge is 0.393 e. The Hall–Kier alpha value is -2.28. The first-order chi connectivity index (χ1) is 10.1. The van der Waals surface area contributed by atoms with Crippen molar-refractivity contribution in [3.8, 4) is 11.4 Å². The maximum atomic E-state index is 11.1. The van der Waals surface area contributed by atoms with E-state index in [2.05, 4.69) is 15.1 Å². The molecule has 1 aliphatic carbocycles. The van der Waals surface area contributed by atoms with Crippen molar-refractivity contribution in [2.24, 2.45) is 5.73 Å². The summed E-state index contributed by atoms with van der Waals surface area (Å²) < 4.78 is 5.31. The minimum absolute atomic E-state index is 0.166. The third-order valence-corrected chi connectivity index (χ3v) is 3.76. The maximum Gasteiger partial charge on any atom is 0.267 e. The molecule has 0 unspecified atom stereocenters. The Morgan fingerprint density at radius 3 is 2.81 bits per heavy atom. The van der Waals surface area contributed by atoms with E-state index in [-0.39, 0.29) is 17.7 Å². The van der Waals surface area contributed by atoms with Gasteiger partial charge in [-0.15, -0.1) is 0 Å². The number of nitrogens with zero attached hydrogens (tertiary/aromatic N) is 3. The molecular weight excluding hydrogens is 272 g/mol. The lowest BCUT2D eigenvalue weighted by molar-refractivity contribution is 0.0995. The van der Waals surface area contributed by atoms with Crippen molar-refractivity contribution < 1.29 is 14.4 Å². The molecule has 1 amide bonds. The van der Waals surface area contributed by atoms with E-state index in [1.165, 1.54) is 6.20 Å². The van der Waals surface area contributed by atoms with Crippen molar-refractivity contribution in [2.45, 2.75) is 37.7 Å². The van der Waals surface area contributed by atoms with Gasteiger partial charge in [-0.2, -0.15) is 4.98 Å². The van der Waals surface area contributed by atoms with Gasteiger partial charge in [-0.05, 0) is 37.8 Å². The molecule has 0 radical (unpaired) electrons. The van der Waals surface area contributed by atoms with Crippen LogP contribution in [-0.2, 0) is 0 Å². The molecule has 3 rings (SSSR count). The summed E-state index contributed by atoms with van der Waals surface area (Å²) in [6, 6.07) is 3.24. The number of hydrogen-bond donors (Lipinski definition) is 2. The minimum Gasteiger partial charge on any atom is -0.393 e. The van der Waals surface area contributed by atoms with Gasteiger partial charge in [0.25, 0.3) is 5.91 Å². The predicted molar refractivity (Wildman–Crippen MR) is 73.3 cm³/mol. The molecule has 0 aromatic carbocycles. The van der Waals surface area contributed by atoms with Gasteiger partial charge in [0.05, 0.1) is 6.10 Å². The van der Waals surface area contributed by atoms with E-state index in [1.54, 1.807) is 12.1 Å². The Morgan fingerprint density at radius 2 is 2.10 bits per heavy atom. The Balaban J connectivity index is 1.81. The van der Waals surface area contributed by atoms with E-state index in [1.807, 2.05) is 0 Å². The zero-order valence-corrected chi connectivity index (χ0v) is 11.4. The van der Waals surface area contributed by atoms with Crippen LogP contribution in [0.1, 0.15) is 48.0 Å². The molecule has 7 heteroatoms. The molecule has 1 saturated carbocycles. The van der Waals surface area contributed by atoms with Crippen LogP contribution in [0.25, 0.3) is 11.4 Å². The van der Waals surface area contributed by atoms with Crippen LogP contribution in [0.3, 0.4) is 0 Å². The average Bonchev–Trinajstić information content (AvgIpc) is 2.98. The molecule has 3 N–H and O–H groups in total. The molecule has 0 aliphatic heterocycles. The molecule has 1 fully saturated rings. The van der Waals surface area contributed by atoms with Crippen molar-refractivity contribution in [3.05, 3.63) is 29.9 Å². The predicted octanol–water partition coefficient (Wildman–Crippen LogP) is 1.25. The lowest BCUT2D eigenvalue weighted by atomic mass is 9.87. The summed E-state index contributed by atoms with van der Waals surface area (Å²) in [5.41, 5.74) is 6.02. The van der Waals surface area contributed by atoms with Crippen molar-refractivity contribution in [3.63, 3.8) is 0 Å². The number of aliphatic hydroxyl groups excluding tert-OH is 1. The average molecular weight is 288 g/mol. The third kappa shape index (κ3) is 2.92. The van der Waals surface area contributed by atoms with Gasteiger partial charge in [-0.3, -0.25) is 9.78 Å². The van der Waals surface area contributed by atoms with E-state index in [9.17, 15) is 9.90 Å². The van der Waals surface area contributed by atoms with Gasteiger partial charge in [-0.25, -0.2) is 0 Å². The van der Waals surface area contributed by atoms with Gasteiger partial charge in [-0.1, -0.05) is 5.16 Å². The lowest BCUT2D eigenvalue weighted by Gasteiger charge is -2.22. The number of aliphatic hydroxyl groups is 1. The number of aromatic nitrogens is 3. The van der Waals surface area contributed by atoms with E-state index in [0.29, 0.717) is 17.3 Å². The topological polar surface area (TPSA) is 115 Å². The molecular formula is C14H16N4O3. The Bertz CT molecular complexity index is 647. The fraction of sp³-hybridized carbons (Fsp3) is 0.429. The summed E-state index contributed by atoms with van der Waals surface area (Å²) in [4.78, 5) is 19.4. The number of amides is 1. The van der Waals surface area contributed by atoms with Crippen LogP contribution in [0, 0.1) is 0 Å². The van der Waals surface area contributed by atoms with Crippen molar-refractivity contribution in [2.75, 3.05) is 0 Å². The summed E-state index contributed by atoms with van der Waals surface area (Å²) in [5, 5.41) is 13.5. The van der Waals surface area contributed by atoms with Gasteiger partial charge in [0.15, 0.2) is 0 Å². The molecule has 0 bridgehead atoms. The summed E-state index contributed by atoms with van der Waals surface area (Å²) >= 11 is 0. The normalized spacial score (nSPS) is 22.1. The van der Waals surface area contributed by atoms with Crippen molar-refractivity contribution >= 4 is 5.91 Å². The second-order valence-corrected chi connectivity index (χ2v) is 5.26. The monoisotopic (exact) mass is 288 g/mol. The zero-order chi connectivity index (χ0) is 14.8. The molecule has 0 spiro atoms. The van der Waals surface area contributed by atoms with Crippen LogP contribution in [0.5, 0.6) is 0 Å². The highest BCUT2D eigenvalue weighted by Crippen LogP contribution is 2.32. The molecule has 2 heterocycles. The van der Waals surface area contributed by atoms with Crippen molar-refractivity contribution in [1.29, 1.82) is 0 Å². The Morgan fingerprint density at radius 1 is 1.33 bits per heavy atom. The van der Waals surface area contributed by atoms with Crippen LogP contribution in [0.15, 0.2) is 22.9 Å². The number of primary amides is 1. The summed E-state index contributed by atoms with van der Waals surface area (Å²) in [6.07, 6.45) is 4.45. The molecule has 0 atom stereocenters. The first kappa shape index (κ1) is 13.7. The van der Waals surface area contributed by atoms with E-state index in [0.717, 1.165) is 25.7 Å². The van der Waals surface area contributed by atoms with Gasteiger partial charge in [0.2, 0.25) is 11.7 Å². The van der Waals surface area contributed by atoms with Crippen LogP contribution in [0.2, 0.25) is 0 Å². The Kier molecular flexibility index (Phi) is 3.66. The van der Waals surface area contributed by atoms with Crippen LogP contribution < -0.4 is 5.73 Å². The van der Waals surface area contributed by atoms with Crippen molar-refractivity contribution in [1.82, 2.24) is 15.1 Å². The number of nitrogens with two attached hydrogens (primary N) is 1. The second kappa shape index (κ2) is 5.61. The fourth-order valence-corrected chi connectivity index (χ4v) is 2.55. The Labute approximate surface area is 121 Å². The lowest BCUT2D eigenvalue weighted by Crippen LogP contribution is -2.17. The summed E-state index contributed by atoms with van der Waals surface area (Å²) in [6.45, 7) is 0. The summed E-state index contributed by atoms with van der Waals surface area (Å²) in [7, 11) is 0. The number of rotatable bonds is 3.